The highest BCUT2D eigenvalue weighted by Crippen LogP contribution is 2.21. The van der Waals surface area contributed by atoms with E-state index in [1.165, 1.54) is 17.5 Å². The van der Waals surface area contributed by atoms with Crippen molar-refractivity contribution in [1.29, 1.82) is 0 Å². The minimum Gasteiger partial charge on any atom is -0.409 e. The summed E-state index contributed by atoms with van der Waals surface area (Å²) in [6.45, 7) is 0. The fraction of sp³-hybridized carbons (Fsp3) is 0. The summed E-state index contributed by atoms with van der Waals surface area (Å²) in [5.41, 5.74) is 6.27. The van der Waals surface area contributed by atoms with Crippen molar-refractivity contribution in [2.24, 2.45) is 10.9 Å². The van der Waals surface area contributed by atoms with Crippen molar-refractivity contribution in [3.63, 3.8) is 0 Å². The first kappa shape index (κ1) is 12.6. The van der Waals surface area contributed by atoms with E-state index in [-0.39, 0.29) is 17.6 Å². The first-order valence-electron chi connectivity index (χ1n) is 4.68. The van der Waals surface area contributed by atoms with Crippen molar-refractivity contribution in [1.82, 2.24) is 10.2 Å². The van der Waals surface area contributed by atoms with Crippen molar-refractivity contribution in [3.05, 3.63) is 32.6 Å². The molecule has 2 aromatic heterocycles. The molecular formula is C9H8BrN5O2S. The maximum Gasteiger partial charge on any atom is 0.257 e. The van der Waals surface area contributed by atoms with E-state index < -0.39 is 0 Å². The molecule has 18 heavy (non-hydrogen) atoms. The van der Waals surface area contributed by atoms with Gasteiger partial charge in [-0.05, 0) is 22.0 Å². The van der Waals surface area contributed by atoms with E-state index in [0.717, 1.165) is 3.79 Å². The molecule has 0 saturated carbocycles. The molecule has 2 rings (SSSR count). The number of anilines is 1. The minimum atomic E-state index is -0.312. The van der Waals surface area contributed by atoms with Gasteiger partial charge in [0.15, 0.2) is 5.84 Å². The summed E-state index contributed by atoms with van der Waals surface area (Å²) in [7, 11) is 0. The zero-order valence-corrected chi connectivity index (χ0v) is 11.2. The molecule has 1 amide bonds. The van der Waals surface area contributed by atoms with E-state index >= 15 is 0 Å². The third-order valence-electron chi connectivity index (χ3n) is 2.09. The average Bonchev–Trinajstić information content (AvgIpc) is 2.97. The van der Waals surface area contributed by atoms with Crippen LogP contribution >= 0.6 is 27.3 Å². The van der Waals surface area contributed by atoms with Crippen molar-refractivity contribution < 1.29 is 10.0 Å². The van der Waals surface area contributed by atoms with Gasteiger partial charge in [-0.2, -0.15) is 5.10 Å². The predicted octanol–water partition coefficient (Wildman–Crippen LogP) is 1.58. The number of aromatic amines is 1. The Bertz CT molecular complexity index is 606. The third kappa shape index (κ3) is 2.51. The molecule has 0 aliphatic heterocycles. The van der Waals surface area contributed by atoms with E-state index in [2.05, 4.69) is 36.6 Å². The van der Waals surface area contributed by atoms with Crippen molar-refractivity contribution >= 4 is 44.8 Å². The SMILES string of the molecule is NC(=NO)c1cn[nH]c1NC(=O)c1csc(Br)c1. The van der Waals surface area contributed by atoms with Crippen LogP contribution in [-0.2, 0) is 0 Å². The van der Waals surface area contributed by atoms with Gasteiger partial charge >= 0.3 is 0 Å². The number of halogens is 1. The summed E-state index contributed by atoms with van der Waals surface area (Å²) in [6, 6.07) is 1.69. The summed E-state index contributed by atoms with van der Waals surface area (Å²) in [4.78, 5) is 11.9. The summed E-state index contributed by atoms with van der Waals surface area (Å²) >= 11 is 4.68. The molecule has 0 aliphatic rings. The van der Waals surface area contributed by atoms with Gasteiger partial charge in [-0.25, -0.2) is 0 Å². The Morgan fingerprint density at radius 3 is 3.06 bits per heavy atom. The molecule has 0 fully saturated rings. The molecule has 0 atom stereocenters. The summed E-state index contributed by atoms with van der Waals surface area (Å²) in [6.07, 6.45) is 1.36. The number of nitrogens with two attached hydrogens (primary N) is 1. The minimum absolute atomic E-state index is 0.134. The fourth-order valence-electron chi connectivity index (χ4n) is 1.24. The molecule has 5 N–H and O–H groups in total. The molecule has 0 aliphatic carbocycles. The van der Waals surface area contributed by atoms with Gasteiger partial charge < -0.3 is 16.3 Å². The number of rotatable bonds is 3. The highest BCUT2D eigenvalue weighted by molar-refractivity contribution is 9.11. The molecule has 2 aromatic rings. The Labute approximate surface area is 114 Å². The Morgan fingerprint density at radius 2 is 2.44 bits per heavy atom. The number of hydrogen-bond donors (Lipinski definition) is 4. The van der Waals surface area contributed by atoms with Crippen LogP contribution in [0.25, 0.3) is 0 Å². The Morgan fingerprint density at radius 1 is 1.67 bits per heavy atom. The van der Waals surface area contributed by atoms with Crippen molar-refractivity contribution in [2.75, 3.05) is 5.32 Å². The van der Waals surface area contributed by atoms with Crippen LogP contribution in [0.4, 0.5) is 5.82 Å². The van der Waals surface area contributed by atoms with E-state index in [1.54, 1.807) is 11.4 Å². The topological polar surface area (TPSA) is 116 Å². The first-order chi connectivity index (χ1) is 8.61. The van der Waals surface area contributed by atoms with Crippen LogP contribution < -0.4 is 11.1 Å². The van der Waals surface area contributed by atoms with Gasteiger partial charge in [0.05, 0.1) is 21.1 Å². The highest BCUT2D eigenvalue weighted by atomic mass is 79.9. The quantitative estimate of drug-likeness (QED) is 0.296. The number of nitrogens with one attached hydrogen (secondary N) is 2. The van der Waals surface area contributed by atoms with Crippen LogP contribution in [0.15, 0.2) is 26.6 Å². The molecule has 94 valence electrons. The molecule has 2 heterocycles. The van der Waals surface area contributed by atoms with Gasteiger partial charge in [-0.3, -0.25) is 9.89 Å². The average molecular weight is 330 g/mol. The second kappa shape index (κ2) is 5.19. The molecule has 0 unspecified atom stereocenters. The summed E-state index contributed by atoms with van der Waals surface area (Å²) in [5, 5.41) is 22.0. The summed E-state index contributed by atoms with van der Waals surface area (Å²) in [5.74, 6) is -0.170. The van der Waals surface area contributed by atoms with E-state index in [1.807, 2.05) is 0 Å². The normalized spacial score (nSPS) is 11.5. The Balaban J connectivity index is 2.20. The number of amidine groups is 1. The number of thiophene rings is 1. The molecule has 7 nitrogen and oxygen atoms in total. The van der Waals surface area contributed by atoms with Crippen LogP contribution in [0.5, 0.6) is 0 Å². The molecule has 9 heteroatoms. The van der Waals surface area contributed by atoms with Gasteiger partial charge in [-0.15, -0.1) is 11.3 Å². The third-order valence-corrected chi connectivity index (χ3v) is 3.60. The first-order valence-corrected chi connectivity index (χ1v) is 6.35. The van der Waals surface area contributed by atoms with E-state index in [9.17, 15) is 4.79 Å². The molecule has 0 saturated heterocycles. The van der Waals surface area contributed by atoms with Crippen LogP contribution in [-0.4, -0.2) is 27.1 Å². The van der Waals surface area contributed by atoms with Crippen LogP contribution in [0, 0.1) is 0 Å². The number of aromatic nitrogens is 2. The van der Waals surface area contributed by atoms with Crippen molar-refractivity contribution in [3.8, 4) is 0 Å². The number of nitrogens with zero attached hydrogens (tertiary/aromatic N) is 2. The maximum atomic E-state index is 11.9. The van der Waals surface area contributed by atoms with E-state index in [0.29, 0.717) is 11.1 Å². The van der Waals surface area contributed by atoms with Gasteiger partial charge in [0.25, 0.3) is 5.91 Å². The number of carbonyl (C=O) groups is 1. The van der Waals surface area contributed by atoms with Crippen LogP contribution in [0.3, 0.4) is 0 Å². The Hall–Kier alpha value is -1.87. The number of oxime groups is 1. The molecular weight excluding hydrogens is 322 g/mol. The van der Waals surface area contributed by atoms with Gasteiger partial charge in [-0.1, -0.05) is 5.16 Å². The lowest BCUT2D eigenvalue weighted by atomic mass is 10.3. The van der Waals surface area contributed by atoms with Crippen LogP contribution in [0.2, 0.25) is 0 Å². The largest absolute Gasteiger partial charge is 0.409 e. The summed E-state index contributed by atoms with van der Waals surface area (Å²) < 4.78 is 0.855. The van der Waals surface area contributed by atoms with Gasteiger partial charge in [0.2, 0.25) is 0 Å². The smallest absolute Gasteiger partial charge is 0.257 e. The van der Waals surface area contributed by atoms with E-state index in [4.69, 9.17) is 10.9 Å². The molecule has 0 spiro atoms. The number of carbonyl (C=O) groups excluding carboxylic acids is 1. The number of H-pyrrole nitrogens is 1. The fourth-order valence-corrected chi connectivity index (χ4v) is 2.38. The second-order valence-corrected chi connectivity index (χ2v) is 5.53. The lowest BCUT2D eigenvalue weighted by Crippen LogP contribution is -2.18. The monoisotopic (exact) mass is 329 g/mol. The van der Waals surface area contributed by atoms with Crippen molar-refractivity contribution in [2.45, 2.75) is 0 Å². The molecule has 0 aromatic carbocycles. The standard InChI is InChI=1S/C9H8BrN5O2S/c10-6-1-4(3-18-6)9(16)13-8-5(2-12-14-8)7(11)15-17/h1-3,17H,(H2,11,15)(H2,12,13,14,16). The van der Waals surface area contributed by atoms with Crippen LogP contribution in [0.1, 0.15) is 15.9 Å². The second-order valence-electron chi connectivity index (χ2n) is 3.24. The predicted molar refractivity (Wildman–Crippen MR) is 71.1 cm³/mol. The zero-order valence-electron chi connectivity index (χ0n) is 8.85. The molecule has 0 bridgehead atoms. The molecule has 0 radical (unpaired) electrons. The lowest BCUT2D eigenvalue weighted by Gasteiger charge is -2.03. The lowest BCUT2D eigenvalue weighted by molar-refractivity contribution is 0.102. The maximum absolute atomic E-state index is 11.9. The number of hydrogen-bond acceptors (Lipinski definition) is 5. The zero-order chi connectivity index (χ0) is 13.1. The van der Waals surface area contributed by atoms with Gasteiger partial charge in [0.1, 0.15) is 5.82 Å². The van der Waals surface area contributed by atoms with Gasteiger partial charge in [0, 0.05) is 5.38 Å². The number of amides is 1. The highest BCUT2D eigenvalue weighted by Gasteiger charge is 2.14. The Kier molecular flexibility index (Phi) is 3.63.